The van der Waals surface area contributed by atoms with E-state index >= 15 is 0 Å². The van der Waals surface area contributed by atoms with E-state index in [-0.39, 0.29) is 11.4 Å². The molecule has 132 valence electrons. The van der Waals surface area contributed by atoms with Crippen LogP contribution in [0.4, 0.5) is 13.2 Å². The summed E-state index contributed by atoms with van der Waals surface area (Å²) in [7, 11) is 0. The van der Waals surface area contributed by atoms with Gasteiger partial charge in [-0.15, -0.1) is 11.3 Å². The molecule has 0 unspecified atom stereocenters. The van der Waals surface area contributed by atoms with Crippen molar-refractivity contribution in [2.45, 2.75) is 12.7 Å². The number of nitriles is 1. The number of amides is 1. The van der Waals surface area contributed by atoms with Gasteiger partial charge in [-0.3, -0.25) is 4.79 Å². The number of carbonyl (C=O) groups excluding carboxylic acids is 1. The highest BCUT2D eigenvalue weighted by molar-refractivity contribution is 7.20. The van der Waals surface area contributed by atoms with Crippen molar-refractivity contribution in [3.8, 4) is 6.07 Å². The van der Waals surface area contributed by atoms with Gasteiger partial charge in [0.15, 0.2) is 0 Å². The minimum Gasteiger partial charge on any atom is -0.325 e. The summed E-state index contributed by atoms with van der Waals surface area (Å²) in [5, 5.41) is 9.63. The van der Waals surface area contributed by atoms with Crippen LogP contribution in [0.25, 0.3) is 10.1 Å². The molecule has 3 aromatic rings. The van der Waals surface area contributed by atoms with Gasteiger partial charge in [0.2, 0.25) is 0 Å². The number of thiophene rings is 1. The summed E-state index contributed by atoms with van der Waals surface area (Å²) in [4.78, 5) is 13.8. The zero-order valence-corrected chi connectivity index (χ0v) is 14.3. The van der Waals surface area contributed by atoms with Crippen molar-refractivity contribution in [3.05, 3.63) is 70.6 Å². The van der Waals surface area contributed by atoms with Gasteiger partial charge in [0.1, 0.15) is 6.54 Å². The molecule has 0 aliphatic heterocycles. The Labute approximate surface area is 151 Å². The van der Waals surface area contributed by atoms with E-state index in [9.17, 15) is 18.0 Å². The first-order valence-corrected chi connectivity index (χ1v) is 8.51. The van der Waals surface area contributed by atoms with Crippen LogP contribution in [0.2, 0.25) is 0 Å². The molecular weight excluding hydrogens is 361 g/mol. The van der Waals surface area contributed by atoms with Crippen LogP contribution in [0.15, 0.2) is 54.6 Å². The summed E-state index contributed by atoms with van der Waals surface area (Å²) in [6.45, 7) is -1.52. The van der Waals surface area contributed by atoms with Crippen molar-refractivity contribution in [2.24, 2.45) is 0 Å². The Kier molecular flexibility index (Phi) is 4.96. The molecule has 3 nitrogen and oxygen atoms in total. The number of hydrogen-bond donors (Lipinski definition) is 0. The van der Waals surface area contributed by atoms with E-state index in [1.165, 1.54) is 23.5 Å². The van der Waals surface area contributed by atoms with Gasteiger partial charge in [-0.2, -0.15) is 18.4 Å². The van der Waals surface area contributed by atoms with Crippen LogP contribution >= 0.6 is 11.3 Å². The third kappa shape index (κ3) is 4.21. The lowest BCUT2D eigenvalue weighted by Gasteiger charge is -2.23. The first kappa shape index (κ1) is 18.0. The zero-order valence-electron chi connectivity index (χ0n) is 13.5. The van der Waals surface area contributed by atoms with Gasteiger partial charge in [0.25, 0.3) is 5.91 Å². The van der Waals surface area contributed by atoms with Gasteiger partial charge < -0.3 is 4.90 Å². The van der Waals surface area contributed by atoms with Crippen LogP contribution in [0.5, 0.6) is 0 Å². The van der Waals surface area contributed by atoms with Crippen molar-refractivity contribution < 1.29 is 18.0 Å². The lowest BCUT2D eigenvalue weighted by molar-refractivity contribution is -0.141. The maximum absolute atomic E-state index is 13.0. The molecule has 3 rings (SSSR count). The van der Waals surface area contributed by atoms with Crippen molar-refractivity contribution in [1.82, 2.24) is 4.90 Å². The summed E-state index contributed by atoms with van der Waals surface area (Å²) in [5.41, 5.74) is 0.940. The van der Waals surface area contributed by atoms with Gasteiger partial charge >= 0.3 is 6.18 Å². The molecule has 26 heavy (non-hydrogen) atoms. The fraction of sp³-hybridized carbons (Fsp3) is 0.158. The lowest BCUT2D eigenvalue weighted by atomic mass is 10.1. The number of rotatable bonds is 4. The SMILES string of the molecule is N#Cc1ccc(CN(CC(F)(F)F)C(=O)c2cc3ccccc3s2)cc1. The van der Waals surface area contributed by atoms with E-state index in [1.807, 2.05) is 30.3 Å². The Morgan fingerprint density at radius 2 is 1.81 bits per heavy atom. The highest BCUT2D eigenvalue weighted by atomic mass is 32.1. The van der Waals surface area contributed by atoms with E-state index in [0.29, 0.717) is 11.1 Å². The molecule has 0 saturated carbocycles. The second kappa shape index (κ2) is 7.18. The van der Waals surface area contributed by atoms with Gasteiger partial charge in [0, 0.05) is 11.2 Å². The molecule has 7 heteroatoms. The number of nitrogens with zero attached hydrogens (tertiary/aromatic N) is 2. The largest absolute Gasteiger partial charge is 0.406 e. The summed E-state index contributed by atoms with van der Waals surface area (Å²) in [6, 6.07) is 17.0. The highest BCUT2D eigenvalue weighted by Gasteiger charge is 2.33. The summed E-state index contributed by atoms with van der Waals surface area (Å²) in [5.74, 6) is -0.659. The monoisotopic (exact) mass is 374 g/mol. The van der Waals surface area contributed by atoms with E-state index in [4.69, 9.17) is 5.26 Å². The first-order valence-electron chi connectivity index (χ1n) is 7.69. The second-order valence-electron chi connectivity index (χ2n) is 5.73. The predicted octanol–water partition coefficient (Wildman–Crippen LogP) is 4.98. The van der Waals surface area contributed by atoms with E-state index < -0.39 is 18.6 Å². The van der Waals surface area contributed by atoms with Gasteiger partial charge in [-0.25, -0.2) is 0 Å². The predicted molar refractivity (Wildman–Crippen MR) is 93.8 cm³/mol. The number of carbonyl (C=O) groups is 1. The average molecular weight is 374 g/mol. The number of alkyl halides is 3. The summed E-state index contributed by atoms with van der Waals surface area (Å²) in [6.07, 6.45) is -4.50. The Morgan fingerprint density at radius 3 is 2.42 bits per heavy atom. The fourth-order valence-electron chi connectivity index (χ4n) is 2.56. The third-order valence-corrected chi connectivity index (χ3v) is 4.85. The van der Waals surface area contributed by atoms with Crippen LogP contribution < -0.4 is 0 Å². The van der Waals surface area contributed by atoms with Gasteiger partial charge in [-0.1, -0.05) is 30.3 Å². The lowest BCUT2D eigenvalue weighted by Crippen LogP contribution is -2.38. The summed E-state index contributed by atoms with van der Waals surface area (Å²) >= 11 is 1.17. The number of benzene rings is 2. The molecular formula is C19H13F3N2OS. The molecule has 0 saturated heterocycles. The maximum Gasteiger partial charge on any atom is 0.406 e. The molecule has 1 aromatic heterocycles. The van der Waals surface area contributed by atoms with E-state index in [1.54, 1.807) is 18.2 Å². The zero-order chi connectivity index (χ0) is 18.7. The Morgan fingerprint density at radius 1 is 1.12 bits per heavy atom. The van der Waals surface area contributed by atoms with Crippen LogP contribution in [0, 0.1) is 11.3 Å². The highest BCUT2D eigenvalue weighted by Crippen LogP contribution is 2.28. The number of fused-ring (bicyclic) bond motifs is 1. The summed E-state index contributed by atoms with van der Waals surface area (Å²) < 4.78 is 39.8. The van der Waals surface area contributed by atoms with E-state index in [0.717, 1.165) is 15.0 Å². The van der Waals surface area contributed by atoms with Crippen LogP contribution in [0.1, 0.15) is 20.8 Å². The molecule has 0 aliphatic rings. The molecule has 1 heterocycles. The molecule has 2 aromatic carbocycles. The Balaban J connectivity index is 1.89. The topological polar surface area (TPSA) is 44.1 Å². The smallest absolute Gasteiger partial charge is 0.325 e. The fourth-order valence-corrected chi connectivity index (χ4v) is 3.59. The van der Waals surface area contributed by atoms with Gasteiger partial charge in [-0.05, 0) is 35.2 Å². The average Bonchev–Trinajstić information content (AvgIpc) is 3.04. The normalized spacial score (nSPS) is 11.3. The number of hydrogen-bond acceptors (Lipinski definition) is 3. The molecule has 0 fully saturated rings. The van der Waals surface area contributed by atoms with Crippen LogP contribution in [-0.4, -0.2) is 23.5 Å². The molecule has 0 spiro atoms. The van der Waals surface area contributed by atoms with Crippen molar-refractivity contribution in [3.63, 3.8) is 0 Å². The molecule has 0 bridgehead atoms. The molecule has 1 amide bonds. The maximum atomic E-state index is 13.0. The van der Waals surface area contributed by atoms with Crippen LogP contribution in [0.3, 0.4) is 0 Å². The van der Waals surface area contributed by atoms with Crippen molar-refractivity contribution in [2.75, 3.05) is 6.54 Å². The molecule has 0 atom stereocenters. The minimum atomic E-state index is -4.50. The third-order valence-electron chi connectivity index (χ3n) is 3.75. The Bertz CT molecular complexity index is 938. The van der Waals surface area contributed by atoms with Crippen LogP contribution in [-0.2, 0) is 6.54 Å². The minimum absolute atomic E-state index is 0.182. The van der Waals surface area contributed by atoms with Crippen molar-refractivity contribution in [1.29, 1.82) is 5.26 Å². The second-order valence-corrected chi connectivity index (χ2v) is 6.82. The molecule has 0 N–H and O–H groups in total. The molecule has 0 radical (unpaired) electrons. The molecule has 0 aliphatic carbocycles. The van der Waals surface area contributed by atoms with E-state index in [2.05, 4.69) is 0 Å². The Hall–Kier alpha value is -2.85. The van der Waals surface area contributed by atoms with Gasteiger partial charge in [0.05, 0.1) is 16.5 Å². The standard InChI is InChI=1S/C19H13F3N2OS/c20-19(21,22)12-24(11-14-7-5-13(10-23)6-8-14)18(25)17-9-15-3-1-2-4-16(15)26-17/h1-9H,11-12H2. The first-order chi connectivity index (χ1) is 12.4. The quantitative estimate of drug-likeness (QED) is 0.647. The van der Waals surface area contributed by atoms with Crippen molar-refractivity contribution >= 4 is 27.3 Å². The number of halogens is 3.